The van der Waals surface area contributed by atoms with Crippen molar-refractivity contribution in [3.05, 3.63) is 45.7 Å². The SMILES string of the molecule is CCCS(=O)(=O)N1CC2CC(C1)c1ccc(-c3cccs3)c(=O)n1C2. The van der Waals surface area contributed by atoms with Gasteiger partial charge in [0.05, 0.1) is 11.3 Å². The maximum Gasteiger partial charge on any atom is 0.259 e. The molecule has 0 spiro atoms. The van der Waals surface area contributed by atoms with Crippen molar-refractivity contribution in [2.75, 3.05) is 18.8 Å². The number of hydrogen-bond donors (Lipinski definition) is 0. The quantitative estimate of drug-likeness (QED) is 0.822. The number of pyridine rings is 1. The summed E-state index contributed by atoms with van der Waals surface area (Å²) in [6.07, 6.45) is 1.60. The summed E-state index contributed by atoms with van der Waals surface area (Å²) in [6, 6.07) is 7.85. The zero-order chi connectivity index (χ0) is 17.6. The van der Waals surface area contributed by atoms with Crippen LogP contribution in [0.15, 0.2) is 34.4 Å². The van der Waals surface area contributed by atoms with E-state index in [0.717, 1.165) is 22.6 Å². The van der Waals surface area contributed by atoms with E-state index >= 15 is 0 Å². The van der Waals surface area contributed by atoms with Crippen molar-refractivity contribution in [3.8, 4) is 10.4 Å². The summed E-state index contributed by atoms with van der Waals surface area (Å²) in [4.78, 5) is 14.0. The normalized spacial score (nSPS) is 23.4. The molecule has 0 amide bonds. The predicted octanol–water partition coefficient (Wildman–Crippen LogP) is 2.74. The Morgan fingerprint density at radius 3 is 2.76 bits per heavy atom. The van der Waals surface area contributed by atoms with Gasteiger partial charge >= 0.3 is 0 Å². The van der Waals surface area contributed by atoms with Crippen molar-refractivity contribution in [3.63, 3.8) is 0 Å². The number of piperidine rings is 1. The lowest BCUT2D eigenvalue weighted by molar-refractivity contribution is 0.186. The molecule has 2 aromatic heterocycles. The van der Waals surface area contributed by atoms with E-state index in [-0.39, 0.29) is 23.1 Å². The molecule has 134 valence electrons. The van der Waals surface area contributed by atoms with Crippen LogP contribution in [0.1, 0.15) is 31.4 Å². The number of aromatic nitrogens is 1. The highest BCUT2D eigenvalue weighted by molar-refractivity contribution is 7.89. The highest BCUT2D eigenvalue weighted by atomic mass is 32.2. The summed E-state index contributed by atoms with van der Waals surface area (Å²) < 4.78 is 28.5. The molecule has 1 saturated heterocycles. The van der Waals surface area contributed by atoms with E-state index in [2.05, 4.69) is 0 Å². The second-order valence-corrected chi connectivity index (χ2v) is 10.0. The van der Waals surface area contributed by atoms with Gasteiger partial charge in [-0.2, -0.15) is 0 Å². The fraction of sp³-hybridized carbons (Fsp3) is 0.500. The van der Waals surface area contributed by atoms with Crippen LogP contribution in [0.3, 0.4) is 0 Å². The van der Waals surface area contributed by atoms with Gasteiger partial charge in [-0.05, 0) is 42.3 Å². The third-order valence-electron chi connectivity index (χ3n) is 5.21. The molecule has 2 unspecified atom stereocenters. The fourth-order valence-electron chi connectivity index (χ4n) is 4.14. The van der Waals surface area contributed by atoms with Crippen LogP contribution in [0.4, 0.5) is 0 Å². The molecule has 2 aliphatic heterocycles. The van der Waals surface area contributed by atoms with E-state index in [1.165, 1.54) is 0 Å². The van der Waals surface area contributed by atoms with Crippen LogP contribution in [-0.2, 0) is 16.6 Å². The topological polar surface area (TPSA) is 59.4 Å². The lowest BCUT2D eigenvalue weighted by Crippen LogP contribution is -2.49. The standard InChI is InChI=1S/C18H22N2O3S2/c1-2-8-25(22,23)19-10-13-9-14(12-19)16-6-5-15(17-4-3-7-24-17)18(21)20(16)11-13/h3-7,13-14H,2,8-12H2,1H3. The molecule has 1 fully saturated rings. The third kappa shape index (κ3) is 2.98. The first kappa shape index (κ1) is 17.0. The van der Waals surface area contributed by atoms with Crippen LogP contribution in [0.2, 0.25) is 0 Å². The second kappa shape index (κ2) is 6.37. The maximum atomic E-state index is 13.0. The Morgan fingerprint density at radius 2 is 2.04 bits per heavy atom. The number of sulfonamides is 1. The molecule has 2 aromatic rings. The molecule has 4 rings (SSSR count). The van der Waals surface area contributed by atoms with Crippen molar-refractivity contribution in [2.24, 2.45) is 5.92 Å². The monoisotopic (exact) mass is 378 g/mol. The third-order valence-corrected chi connectivity index (χ3v) is 8.13. The minimum atomic E-state index is -3.18. The number of nitrogens with zero attached hydrogens (tertiary/aromatic N) is 2. The number of thiophene rings is 1. The second-order valence-electron chi connectivity index (χ2n) is 7.00. The fourth-order valence-corrected chi connectivity index (χ4v) is 6.50. The van der Waals surface area contributed by atoms with E-state index in [0.29, 0.717) is 26.1 Å². The van der Waals surface area contributed by atoms with Gasteiger partial charge in [-0.25, -0.2) is 12.7 Å². The van der Waals surface area contributed by atoms with Crippen LogP contribution in [0, 0.1) is 5.92 Å². The molecule has 0 aliphatic carbocycles. The number of hydrogen-bond acceptors (Lipinski definition) is 4. The Morgan fingerprint density at radius 1 is 1.20 bits per heavy atom. The van der Waals surface area contributed by atoms with E-state index in [9.17, 15) is 13.2 Å². The summed E-state index contributed by atoms with van der Waals surface area (Å²) in [5, 5.41) is 1.98. The van der Waals surface area contributed by atoms with Gasteiger partial charge in [0, 0.05) is 36.1 Å². The largest absolute Gasteiger partial charge is 0.311 e. The van der Waals surface area contributed by atoms with Crippen molar-refractivity contribution in [2.45, 2.75) is 32.2 Å². The van der Waals surface area contributed by atoms with E-state index in [1.807, 2.05) is 41.1 Å². The highest BCUT2D eigenvalue weighted by Gasteiger charge is 2.38. The lowest BCUT2D eigenvalue weighted by Gasteiger charge is -2.42. The zero-order valence-corrected chi connectivity index (χ0v) is 15.9. The first-order chi connectivity index (χ1) is 12.0. The minimum Gasteiger partial charge on any atom is -0.311 e. The molecule has 2 bridgehead atoms. The van der Waals surface area contributed by atoms with Crippen molar-refractivity contribution < 1.29 is 8.42 Å². The minimum absolute atomic E-state index is 0.0551. The van der Waals surface area contributed by atoms with Gasteiger partial charge in [0.1, 0.15) is 0 Å². The molecule has 0 radical (unpaired) electrons. The van der Waals surface area contributed by atoms with Gasteiger partial charge in [-0.1, -0.05) is 13.0 Å². The first-order valence-electron chi connectivity index (χ1n) is 8.75. The molecule has 5 nitrogen and oxygen atoms in total. The van der Waals surface area contributed by atoms with Crippen LogP contribution >= 0.6 is 11.3 Å². The highest BCUT2D eigenvalue weighted by Crippen LogP contribution is 2.37. The van der Waals surface area contributed by atoms with Crippen LogP contribution in [-0.4, -0.2) is 36.1 Å². The molecule has 2 aliphatic rings. The van der Waals surface area contributed by atoms with Crippen molar-refractivity contribution in [1.29, 1.82) is 0 Å². The Hall–Kier alpha value is -1.44. The van der Waals surface area contributed by atoms with Crippen molar-refractivity contribution in [1.82, 2.24) is 8.87 Å². The average molecular weight is 379 g/mol. The zero-order valence-electron chi connectivity index (χ0n) is 14.2. The summed E-state index contributed by atoms with van der Waals surface area (Å²) in [6.45, 7) is 3.54. The van der Waals surface area contributed by atoms with E-state index < -0.39 is 10.0 Å². The molecule has 7 heteroatoms. The van der Waals surface area contributed by atoms with Gasteiger partial charge < -0.3 is 4.57 Å². The molecular formula is C18H22N2O3S2. The number of rotatable bonds is 4. The van der Waals surface area contributed by atoms with Gasteiger partial charge in [-0.15, -0.1) is 11.3 Å². The summed E-state index contributed by atoms with van der Waals surface area (Å²) in [5.41, 5.74) is 1.78. The number of fused-ring (bicyclic) bond motifs is 4. The van der Waals surface area contributed by atoms with Gasteiger partial charge in [0.2, 0.25) is 10.0 Å². The Labute approximate surface area is 152 Å². The van der Waals surface area contributed by atoms with E-state index in [1.54, 1.807) is 15.6 Å². The Balaban J connectivity index is 1.70. The lowest BCUT2D eigenvalue weighted by atomic mass is 9.84. The molecule has 0 saturated carbocycles. The van der Waals surface area contributed by atoms with Gasteiger partial charge in [0.25, 0.3) is 5.56 Å². The molecule has 0 N–H and O–H groups in total. The Bertz CT molecular complexity index is 932. The van der Waals surface area contributed by atoms with Crippen LogP contribution in [0.25, 0.3) is 10.4 Å². The van der Waals surface area contributed by atoms with Crippen LogP contribution in [0.5, 0.6) is 0 Å². The first-order valence-corrected chi connectivity index (χ1v) is 11.2. The Kier molecular flexibility index (Phi) is 4.33. The van der Waals surface area contributed by atoms with Crippen molar-refractivity contribution >= 4 is 21.4 Å². The molecule has 4 heterocycles. The predicted molar refractivity (Wildman–Crippen MR) is 101 cm³/mol. The summed E-state index contributed by atoms with van der Waals surface area (Å²) >= 11 is 1.57. The molecule has 2 atom stereocenters. The van der Waals surface area contributed by atoms with E-state index in [4.69, 9.17) is 0 Å². The maximum absolute atomic E-state index is 13.0. The van der Waals surface area contributed by atoms with Gasteiger partial charge in [-0.3, -0.25) is 4.79 Å². The smallest absolute Gasteiger partial charge is 0.259 e. The molecule has 25 heavy (non-hydrogen) atoms. The molecule has 0 aromatic carbocycles. The van der Waals surface area contributed by atoms with Crippen LogP contribution < -0.4 is 5.56 Å². The van der Waals surface area contributed by atoms with Gasteiger partial charge in [0.15, 0.2) is 0 Å². The summed E-state index contributed by atoms with van der Waals surface area (Å²) in [7, 11) is -3.18. The molecular weight excluding hydrogens is 356 g/mol. The summed E-state index contributed by atoms with van der Waals surface area (Å²) in [5.74, 6) is 0.537. The average Bonchev–Trinajstić information content (AvgIpc) is 3.10.